The highest BCUT2D eigenvalue weighted by atomic mass is 79.9. The molecule has 2 nitrogen and oxygen atoms in total. The van der Waals surface area contributed by atoms with Crippen LogP contribution in [-0.2, 0) is 0 Å². The van der Waals surface area contributed by atoms with Crippen molar-refractivity contribution in [3.63, 3.8) is 0 Å². The molecule has 0 aliphatic rings. The van der Waals surface area contributed by atoms with Crippen molar-refractivity contribution in [3.8, 4) is 0 Å². The van der Waals surface area contributed by atoms with E-state index in [2.05, 4.69) is 50.2 Å². The average molecular weight is 356 g/mol. The molecule has 0 unspecified atom stereocenters. The summed E-state index contributed by atoms with van der Waals surface area (Å²) in [4.78, 5) is 0. The molecule has 0 fully saturated rings. The minimum Gasteiger partial charge on any atom is -0.399 e. The first-order valence-electron chi connectivity index (χ1n) is 5.15. The Kier molecular flexibility index (Phi) is 3.74. The first kappa shape index (κ1) is 12.5. The molecular formula is C13H12Br2N2. The number of rotatable bonds is 2. The standard InChI is InChI=1S/C13H12Br2N2/c1-8-3-2-4-12(13(8)15)17-11-6-5-9(16)7-10(11)14/h2-7,17H,16H2,1H3. The van der Waals surface area contributed by atoms with Crippen LogP contribution in [0.3, 0.4) is 0 Å². The molecule has 0 aliphatic heterocycles. The van der Waals surface area contributed by atoms with Crippen LogP contribution in [0.5, 0.6) is 0 Å². The van der Waals surface area contributed by atoms with Crippen molar-refractivity contribution in [3.05, 3.63) is 50.9 Å². The fourth-order valence-electron chi connectivity index (χ4n) is 1.52. The van der Waals surface area contributed by atoms with Gasteiger partial charge in [-0.2, -0.15) is 0 Å². The van der Waals surface area contributed by atoms with Crippen LogP contribution in [0, 0.1) is 6.92 Å². The number of halogens is 2. The molecule has 0 bridgehead atoms. The molecule has 0 atom stereocenters. The third kappa shape index (κ3) is 2.82. The topological polar surface area (TPSA) is 38.0 Å². The van der Waals surface area contributed by atoms with Crippen molar-refractivity contribution in [2.24, 2.45) is 0 Å². The molecular weight excluding hydrogens is 344 g/mol. The van der Waals surface area contributed by atoms with E-state index in [1.807, 2.05) is 30.3 Å². The number of anilines is 3. The first-order chi connectivity index (χ1) is 8.08. The van der Waals surface area contributed by atoms with Gasteiger partial charge in [0.25, 0.3) is 0 Å². The summed E-state index contributed by atoms with van der Waals surface area (Å²) in [5, 5.41) is 3.36. The van der Waals surface area contributed by atoms with E-state index in [1.165, 1.54) is 5.56 Å². The van der Waals surface area contributed by atoms with Crippen molar-refractivity contribution in [1.29, 1.82) is 0 Å². The Balaban J connectivity index is 2.35. The second-order valence-electron chi connectivity index (χ2n) is 3.80. The Morgan fingerprint density at radius 3 is 2.53 bits per heavy atom. The highest BCUT2D eigenvalue weighted by Crippen LogP contribution is 2.32. The average Bonchev–Trinajstić information content (AvgIpc) is 2.28. The smallest absolute Gasteiger partial charge is 0.0531 e. The molecule has 0 aliphatic carbocycles. The maximum Gasteiger partial charge on any atom is 0.0531 e. The zero-order valence-corrected chi connectivity index (χ0v) is 12.5. The number of aryl methyl sites for hydroxylation is 1. The molecule has 0 saturated carbocycles. The predicted octanol–water partition coefficient (Wildman–Crippen LogP) is 4.85. The van der Waals surface area contributed by atoms with Crippen LogP contribution in [0.2, 0.25) is 0 Å². The molecule has 0 spiro atoms. The van der Waals surface area contributed by atoms with E-state index in [9.17, 15) is 0 Å². The fourth-order valence-corrected chi connectivity index (χ4v) is 2.38. The number of nitrogens with two attached hydrogens (primary N) is 1. The molecule has 0 radical (unpaired) electrons. The van der Waals surface area contributed by atoms with Crippen LogP contribution in [0.15, 0.2) is 45.3 Å². The molecule has 2 aromatic rings. The molecule has 3 N–H and O–H groups in total. The Labute approximate surface area is 117 Å². The van der Waals surface area contributed by atoms with Gasteiger partial charge in [0.15, 0.2) is 0 Å². The summed E-state index contributed by atoms with van der Waals surface area (Å²) in [7, 11) is 0. The van der Waals surface area contributed by atoms with E-state index in [-0.39, 0.29) is 0 Å². The van der Waals surface area contributed by atoms with Gasteiger partial charge in [0.1, 0.15) is 0 Å². The largest absolute Gasteiger partial charge is 0.399 e. The van der Waals surface area contributed by atoms with E-state index in [1.54, 1.807) is 0 Å². The van der Waals surface area contributed by atoms with Crippen molar-refractivity contribution >= 4 is 48.9 Å². The number of hydrogen-bond donors (Lipinski definition) is 2. The van der Waals surface area contributed by atoms with Gasteiger partial charge in [0.05, 0.1) is 11.4 Å². The minimum absolute atomic E-state index is 0.741. The van der Waals surface area contributed by atoms with Gasteiger partial charge in [-0.15, -0.1) is 0 Å². The minimum atomic E-state index is 0.741. The highest BCUT2D eigenvalue weighted by molar-refractivity contribution is 9.11. The van der Waals surface area contributed by atoms with Gasteiger partial charge in [-0.05, 0) is 68.6 Å². The molecule has 0 saturated heterocycles. The Bertz CT molecular complexity index is 553. The maximum absolute atomic E-state index is 5.71. The van der Waals surface area contributed by atoms with Gasteiger partial charge in [0.2, 0.25) is 0 Å². The maximum atomic E-state index is 5.71. The predicted molar refractivity (Wildman–Crippen MR) is 80.7 cm³/mol. The second-order valence-corrected chi connectivity index (χ2v) is 5.45. The van der Waals surface area contributed by atoms with Crippen molar-refractivity contribution < 1.29 is 0 Å². The third-order valence-corrected chi connectivity index (χ3v) is 4.16. The van der Waals surface area contributed by atoms with Gasteiger partial charge in [-0.1, -0.05) is 12.1 Å². The lowest BCUT2D eigenvalue weighted by Crippen LogP contribution is -1.94. The number of nitrogens with one attached hydrogen (secondary N) is 1. The van der Waals surface area contributed by atoms with Gasteiger partial charge >= 0.3 is 0 Å². The van der Waals surface area contributed by atoms with E-state index in [4.69, 9.17) is 5.73 Å². The summed E-state index contributed by atoms with van der Waals surface area (Å²) < 4.78 is 2.02. The number of hydrogen-bond acceptors (Lipinski definition) is 2. The third-order valence-electron chi connectivity index (χ3n) is 2.45. The van der Waals surface area contributed by atoms with Gasteiger partial charge in [-0.25, -0.2) is 0 Å². The summed E-state index contributed by atoms with van der Waals surface area (Å²) in [6.45, 7) is 2.06. The van der Waals surface area contributed by atoms with Crippen molar-refractivity contribution in [2.75, 3.05) is 11.1 Å². The van der Waals surface area contributed by atoms with Crippen LogP contribution >= 0.6 is 31.9 Å². The molecule has 17 heavy (non-hydrogen) atoms. The summed E-state index contributed by atoms with van der Waals surface area (Å²) >= 11 is 7.06. The summed E-state index contributed by atoms with van der Waals surface area (Å²) in [6, 6.07) is 11.8. The van der Waals surface area contributed by atoms with Gasteiger partial charge < -0.3 is 11.1 Å². The van der Waals surface area contributed by atoms with Crippen LogP contribution in [0.25, 0.3) is 0 Å². The summed E-state index contributed by atoms with van der Waals surface area (Å²) in [5.74, 6) is 0. The van der Waals surface area contributed by atoms with Crippen LogP contribution in [0.1, 0.15) is 5.56 Å². The van der Waals surface area contributed by atoms with Crippen LogP contribution in [0.4, 0.5) is 17.1 Å². The van der Waals surface area contributed by atoms with E-state index >= 15 is 0 Å². The lowest BCUT2D eigenvalue weighted by Gasteiger charge is -2.12. The summed E-state index contributed by atoms with van der Waals surface area (Å²) in [5.41, 5.74) is 9.67. The zero-order chi connectivity index (χ0) is 12.4. The van der Waals surface area contributed by atoms with Crippen LogP contribution < -0.4 is 11.1 Å². The normalized spacial score (nSPS) is 10.3. The highest BCUT2D eigenvalue weighted by Gasteiger charge is 2.05. The molecule has 0 heterocycles. The van der Waals surface area contributed by atoms with E-state index < -0.39 is 0 Å². The van der Waals surface area contributed by atoms with E-state index in [0.29, 0.717) is 0 Å². The SMILES string of the molecule is Cc1cccc(Nc2ccc(N)cc2Br)c1Br. The van der Waals surface area contributed by atoms with Crippen LogP contribution in [-0.4, -0.2) is 0 Å². The Morgan fingerprint density at radius 1 is 1.06 bits per heavy atom. The summed E-state index contributed by atoms with van der Waals surface area (Å²) in [6.07, 6.45) is 0. The number of benzene rings is 2. The second kappa shape index (κ2) is 5.10. The molecule has 0 amide bonds. The zero-order valence-electron chi connectivity index (χ0n) is 9.30. The lowest BCUT2D eigenvalue weighted by molar-refractivity contribution is 1.41. The molecule has 2 aromatic carbocycles. The Hall–Kier alpha value is -1.00. The quantitative estimate of drug-likeness (QED) is 0.756. The molecule has 4 heteroatoms. The lowest BCUT2D eigenvalue weighted by atomic mass is 10.2. The molecule has 2 rings (SSSR count). The van der Waals surface area contributed by atoms with Gasteiger partial charge in [-0.3, -0.25) is 0 Å². The Morgan fingerprint density at radius 2 is 1.82 bits per heavy atom. The fraction of sp³-hybridized carbons (Fsp3) is 0.0769. The number of nitrogen functional groups attached to an aromatic ring is 1. The first-order valence-corrected chi connectivity index (χ1v) is 6.73. The van der Waals surface area contributed by atoms with Crippen molar-refractivity contribution in [1.82, 2.24) is 0 Å². The molecule has 88 valence electrons. The monoisotopic (exact) mass is 354 g/mol. The molecule has 0 aromatic heterocycles. The van der Waals surface area contributed by atoms with E-state index in [0.717, 1.165) is 26.0 Å². The van der Waals surface area contributed by atoms with Crippen molar-refractivity contribution in [2.45, 2.75) is 6.92 Å². The van der Waals surface area contributed by atoms with Gasteiger partial charge in [0, 0.05) is 14.6 Å².